The lowest BCUT2D eigenvalue weighted by molar-refractivity contribution is -0.140. The van der Waals surface area contributed by atoms with Crippen LogP contribution in [0, 0.1) is 0 Å². The van der Waals surface area contributed by atoms with Crippen molar-refractivity contribution < 1.29 is 14.7 Å². The SMILES string of the molecule is CC(C(=O)O)n1nccc1C(=O)Nc1nn(Cc2ccc(Cl)cc2Cl)cc1Cl. The number of carboxylic acids is 1. The predicted octanol–water partition coefficient (Wildman–Crippen LogP) is 3.99. The molecule has 0 aliphatic rings. The Labute approximate surface area is 174 Å². The van der Waals surface area contributed by atoms with Gasteiger partial charge in [-0.1, -0.05) is 40.9 Å². The summed E-state index contributed by atoms with van der Waals surface area (Å²) in [5.41, 5.74) is 0.845. The van der Waals surface area contributed by atoms with E-state index in [9.17, 15) is 9.59 Å². The van der Waals surface area contributed by atoms with Gasteiger partial charge in [0, 0.05) is 22.4 Å². The van der Waals surface area contributed by atoms with Gasteiger partial charge in [0.2, 0.25) is 0 Å². The summed E-state index contributed by atoms with van der Waals surface area (Å²) in [6, 6.07) is 5.51. The molecule has 28 heavy (non-hydrogen) atoms. The first-order valence-corrected chi connectivity index (χ1v) is 9.14. The summed E-state index contributed by atoms with van der Waals surface area (Å²) in [6.07, 6.45) is 2.89. The molecule has 146 valence electrons. The van der Waals surface area contributed by atoms with Crippen LogP contribution in [0.4, 0.5) is 5.82 Å². The summed E-state index contributed by atoms with van der Waals surface area (Å²) in [6.45, 7) is 1.74. The van der Waals surface area contributed by atoms with Crippen LogP contribution < -0.4 is 5.32 Å². The summed E-state index contributed by atoms with van der Waals surface area (Å²) < 4.78 is 2.63. The third-order valence-electron chi connectivity index (χ3n) is 3.92. The smallest absolute Gasteiger partial charge is 0.328 e. The summed E-state index contributed by atoms with van der Waals surface area (Å²) in [7, 11) is 0. The minimum atomic E-state index is -1.11. The van der Waals surface area contributed by atoms with Crippen LogP contribution in [0.5, 0.6) is 0 Å². The van der Waals surface area contributed by atoms with Gasteiger partial charge in [-0.3, -0.25) is 9.48 Å². The fraction of sp³-hybridized carbons (Fsp3) is 0.176. The van der Waals surface area contributed by atoms with Crippen molar-refractivity contribution in [3.05, 3.63) is 63.0 Å². The van der Waals surface area contributed by atoms with Crippen molar-refractivity contribution in [3.8, 4) is 0 Å². The molecule has 1 atom stereocenters. The highest BCUT2D eigenvalue weighted by atomic mass is 35.5. The second-order valence-electron chi connectivity index (χ2n) is 5.89. The van der Waals surface area contributed by atoms with Gasteiger partial charge in [0.1, 0.15) is 16.8 Å². The molecule has 2 aromatic heterocycles. The second-order valence-corrected chi connectivity index (χ2v) is 7.14. The predicted molar refractivity (Wildman–Crippen MR) is 105 cm³/mol. The van der Waals surface area contributed by atoms with Crippen LogP contribution in [-0.4, -0.2) is 36.5 Å². The summed E-state index contributed by atoms with van der Waals surface area (Å²) >= 11 is 18.2. The topological polar surface area (TPSA) is 102 Å². The van der Waals surface area contributed by atoms with Crippen molar-refractivity contribution in [1.29, 1.82) is 0 Å². The molecular formula is C17H14Cl3N5O3. The average molecular weight is 443 g/mol. The number of halogens is 3. The zero-order valence-corrected chi connectivity index (χ0v) is 16.7. The fourth-order valence-corrected chi connectivity index (χ4v) is 3.13. The minimum Gasteiger partial charge on any atom is -0.480 e. The number of hydrogen-bond acceptors (Lipinski definition) is 4. The van der Waals surface area contributed by atoms with Gasteiger partial charge < -0.3 is 10.4 Å². The maximum Gasteiger partial charge on any atom is 0.328 e. The van der Waals surface area contributed by atoms with Crippen molar-refractivity contribution in [2.24, 2.45) is 0 Å². The van der Waals surface area contributed by atoms with Crippen molar-refractivity contribution in [3.63, 3.8) is 0 Å². The number of nitrogens with one attached hydrogen (secondary N) is 1. The number of carboxylic acid groups (broad SMARTS) is 1. The molecule has 3 aromatic rings. The first kappa shape index (κ1) is 20.2. The van der Waals surface area contributed by atoms with Crippen LogP contribution in [0.15, 0.2) is 36.7 Å². The Morgan fingerprint density at radius 3 is 2.64 bits per heavy atom. The number of anilines is 1. The van der Waals surface area contributed by atoms with Gasteiger partial charge in [0.15, 0.2) is 5.82 Å². The third-order valence-corrected chi connectivity index (χ3v) is 4.79. The van der Waals surface area contributed by atoms with Crippen LogP contribution in [-0.2, 0) is 11.3 Å². The molecule has 0 aliphatic carbocycles. The summed E-state index contributed by atoms with van der Waals surface area (Å²) in [4.78, 5) is 23.7. The van der Waals surface area contributed by atoms with Gasteiger partial charge in [0.05, 0.1) is 6.54 Å². The lowest BCUT2D eigenvalue weighted by Gasteiger charge is -2.11. The molecule has 0 saturated carbocycles. The van der Waals surface area contributed by atoms with Crippen molar-refractivity contribution in [2.45, 2.75) is 19.5 Å². The van der Waals surface area contributed by atoms with E-state index >= 15 is 0 Å². The molecule has 2 N–H and O–H groups in total. The first-order chi connectivity index (χ1) is 13.3. The van der Waals surface area contributed by atoms with E-state index in [1.807, 2.05) is 0 Å². The highest BCUT2D eigenvalue weighted by Crippen LogP contribution is 2.24. The molecule has 0 spiro atoms. The Balaban J connectivity index is 1.78. The lowest BCUT2D eigenvalue weighted by atomic mass is 10.2. The number of hydrogen-bond donors (Lipinski definition) is 2. The van der Waals surface area contributed by atoms with Gasteiger partial charge >= 0.3 is 5.97 Å². The summed E-state index contributed by atoms with van der Waals surface area (Å²) in [5, 5.41) is 21.1. The molecule has 1 aromatic carbocycles. The Bertz CT molecular complexity index is 1050. The van der Waals surface area contributed by atoms with Gasteiger partial charge in [-0.2, -0.15) is 10.2 Å². The van der Waals surface area contributed by atoms with Crippen molar-refractivity contribution in [1.82, 2.24) is 19.6 Å². The summed E-state index contributed by atoms with van der Waals surface area (Å²) in [5.74, 6) is -1.56. The molecule has 2 heterocycles. The molecule has 0 radical (unpaired) electrons. The van der Waals surface area contributed by atoms with E-state index in [-0.39, 0.29) is 16.5 Å². The van der Waals surface area contributed by atoms with Crippen LogP contribution in [0.3, 0.4) is 0 Å². The Hall–Kier alpha value is -2.55. The fourth-order valence-electron chi connectivity index (χ4n) is 2.47. The van der Waals surface area contributed by atoms with E-state index in [1.165, 1.54) is 23.9 Å². The largest absolute Gasteiger partial charge is 0.480 e. The van der Waals surface area contributed by atoms with Crippen LogP contribution in [0.2, 0.25) is 15.1 Å². The van der Waals surface area contributed by atoms with E-state index in [1.54, 1.807) is 24.4 Å². The molecule has 1 unspecified atom stereocenters. The molecule has 8 nitrogen and oxygen atoms in total. The monoisotopic (exact) mass is 441 g/mol. The van der Waals surface area contributed by atoms with Gasteiger partial charge in [-0.05, 0) is 30.7 Å². The Morgan fingerprint density at radius 2 is 1.96 bits per heavy atom. The molecule has 0 fully saturated rings. The van der Waals surface area contributed by atoms with E-state index in [0.29, 0.717) is 16.6 Å². The number of aromatic nitrogens is 4. The number of aliphatic carboxylic acids is 1. The zero-order chi connectivity index (χ0) is 20.4. The van der Waals surface area contributed by atoms with Crippen LogP contribution >= 0.6 is 34.8 Å². The standard InChI is InChI=1S/C17H14Cl3N5O3/c1-9(17(27)28)25-14(4-5-21-25)16(26)22-15-13(20)8-24(23-15)7-10-2-3-11(18)6-12(10)19/h2-6,8-9H,7H2,1H3,(H,27,28)(H,22,23,26). The molecule has 3 rings (SSSR count). The van der Waals surface area contributed by atoms with E-state index in [0.717, 1.165) is 10.2 Å². The third kappa shape index (κ3) is 4.30. The van der Waals surface area contributed by atoms with E-state index in [2.05, 4.69) is 15.5 Å². The zero-order valence-electron chi connectivity index (χ0n) is 14.4. The molecular weight excluding hydrogens is 429 g/mol. The maximum atomic E-state index is 12.5. The second kappa shape index (κ2) is 8.22. The number of amides is 1. The van der Waals surface area contributed by atoms with E-state index in [4.69, 9.17) is 39.9 Å². The van der Waals surface area contributed by atoms with Crippen molar-refractivity contribution in [2.75, 3.05) is 5.32 Å². The normalized spacial score (nSPS) is 12.0. The number of benzene rings is 1. The quantitative estimate of drug-likeness (QED) is 0.601. The molecule has 0 bridgehead atoms. The maximum absolute atomic E-state index is 12.5. The number of carbonyl (C=O) groups excluding carboxylic acids is 1. The van der Waals surface area contributed by atoms with Gasteiger partial charge in [-0.15, -0.1) is 0 Å². The van der Waals surface area contributed by atoms with Gasteiger partial charge in [0.25, 0.3) is 5.91 Å². The van der Waals surface area contributed by atoms with Crippen LogP contribution in [0.25, 0.3) is 0 Å². The number of nitrogens with zero attached hydrogens (tertiary/aromatic N) is 4. The highest BCUT2D eigenvalue weighted by Gasteiger charge is 2.22. The Kier molecular flexibility index (Phi) is 5.93. The number of rotatable bonds is 6. The highest BCUT2D eigenvalue weighted by molar-refractivity contribution is 6.35. The van der Waals surface area contributed by atoms with Crippen molar-refractivity contribution >= 4 is 52.5 Å². The lowest BCUT2D eigenvalue weighted by Crippen LogP contribution is -2.24. The molecule has 0 aliphatic heterocycles. The molecule has 0 saturated heterocycles. The average Bonchev–Trinajstić information content (AvgIpc) is 3.24. The minimum absolute atomic E-state index is 0.0706. The van der Waals surface area contributed by atoms with Gasteiger partial charge in [-0.25, -0.2) is 9.48 Å². The van der Waals surface area contributed by atoms with E-state index < -0.39 is 17.9 Å². The first-order valence-electron chi connectivity index (χ1n) is 8.01. The molecule has 1 amide bonds. The number of carbonyl (C=O) groups is 2. The molecule has 11 heteroatoms. The van der Waals surface area contributed by atoms with Crippen LogP contribution in [0.1, 0.15) is 29.0 Å². The Morgan fingerprint density at radius 1 is 1.21 bits per heavy atom.